The van der Waals surface area contributed by atoms with Gasteiger partial charge in [0.2, 0.25) is 5.91 Å². The third-order valence-electron chi connectivity index (χ3n) is 2.60. The van der Waals surface area contributed by atoms with Gasteiger partial charge in [0.15, 0.2) is 0 Å². The molecular formula is C12H14N2O2. The zero-order valence-electron chi connectivity index (χ0n) is 9.65. The lowest BCUT2D eigenvalue weighted by Crippen LogP contribution is -2.52. The van der Waals surface area contributed by atoms with Gasteiger partial charge >= 0.3 is 0 Å². The highest BCUT2D eigenvalue weighted by atomic mass is 16.2. The highest BCUT2D eigenvalue weighted by Gasteiger charge is 2.37. The average Bonchev–Trinajstić information content (AvgIpc) is 2.15. The molecule has 1 aliphatic heterocycles. The van der Waals surface area contributed by atoms with Gasteiger partial charge in [0.1, 0.15) is 0 Å². The first-order valence-electron chi connectivity index (χ1n) is 5.21. The summed E-state index contributed by atoms with van der Waals surface area (Å²) in [4.78, 5) is 29.3. The summed E-state index contributed by atoms with van der Waals surface area (Å²) < 4.78 is 0. The molecule has 1 aromatic heterocycles. The highest BCUT2D eigenvalue weighted by Crippen LogP contribution is 2.25. The fourth-order valence-electron chi connectivity index (χ4n) is 1.93. The predicted molar refractivity (Wildman–Crippen MR) is 58.9 cm³/mol. The number of aromatic nitrogens is 1. The summed E-state index contributed by atoms with van der Waals surface area (Å²) in [6, 6.07) is 1.67. The van der Waals surface area contributed by atoms with Crippen molar-refractivity contribution in [3.05, 3.63) is 29.6 Å². The number of carbonyl (C=O) groups excluding carboxylic acids is 2. The summed E-state index contributed by atoms with van der Waals surface area (Å²) in [7, 11) is 0. The molecule has 4 heteroatoms. The van der Waals surface area contributed by atoms with Gasteiger partial charge in [0.05, 0.1) is 6.42 Å². The molecule has 16 heavy (non-hydrogen) atoms. The molecule has 0 aliphatic carbocycles. The van der Waals surface area contributed by atoms with Crippen LogP contribution in [0.25, 0.3) is 0 Å². The Labute approximate surface area is 94.3 Å². The van der Waals surface area contributed by atoms with Crippen molar-refractivity contribution in [3.8, 4) is 0 Å². The number of amides is 2. The molecule has 0 spiro atoms. The summed E-state index contributed by atoms with van der Waals surface area (Å²) in [5.74, 6) is -0.376. The van der Waals surface area contributed by atoms with Crippen molar-refractivity contribution in [2.75, 3.05) is 0 Å². The standard InChI is InChI=1S/C12H14N2O2/c1-12(2,3)14-10(15)6-8-7-13-5-4-9(8)11(14)16/h4-5,7H,6H2,1-3H3. The second-order valence-corrected chi connectivity index (χ2v) is 4.91. The molecule has 4 nitrogen and oxygen atoms in total. The first-order chi connectivity index (χ1) is 7.41. The molecule has 0 atom stereocenters. The molecule has 0 bridgehead atoms. The van der Waals surface area contributed by atoms with Crippen molar-refractivity contribution in [1.29, 1.82) is 0 Å². The Morgan fingerprint density at radius 2 is 2.00 bits per heavy atom. The van der Waals surface area contributed by atoms with Gasteiger partial charge in [0.25, 0.3) is 5.91 Å². The molecule has 0 fully saturated rings. The number of rotatable bonds is 0. The van der Waals surface area contributed by atoms with Crippen molar-refractivity contribution in [3.63, 3.8) is 0 Å². The molecule has 2 heterocycles. The maximum absolute atomic E-state index is 12.2. The Balaban J connectivity index is 2.50. The monoisotopic (exact) mass is 218 g/mol. The second-order valence-electron chi connectivity index (χ2n) is 4.91. The molecule has 1 aromatic rings. The van der Waals surface area contributed by atoms with E-state index in [1.54, 1.807) is 18.5 Å². The van der Waals surface area contributed by atoms with Crippen LogP contribution in [0.2, 0.25) is 0 Å². The molecule has 0 saturated heterocycles. The number of hydrogen-bond acceptors (Lipinski definition) is 3. The molecule has 1 aliphatic rings. The lowest BCUT2D eigenvalue weighted by molar-refractivity contribution is -0.132. The maximum atomic E-state index is 12.2. The van der Waals surface area contributed by atoms with Crippen molar-refractivity contribution in [1.82, 2.24) is 9.88 Å². The molecule has 0 aromatic carbocycles. The Morgan fingerprint density at radius 3 is 2.62 bits per heavy atom. The van der Waals surface area contributed by atoms with Crippen molar-refractivity contribution < 1.29 is 9.59 Å². The summed E-state index contributed by atoms with van der Waals surface area (Å²) in [6.07, 6.45) is 3.42. The zero-order valence-corrected chi connectivity index (χ0v) is 9.65. The van der Waals surface area contributed by atoms with Gasteiger partial charge in [-0.1, -0.05) is 0 Å². The summed E-state index contributed by atoms with van der Waals surface area (Å²) >= 11 is 0. The van der Waals surface area contributed by atoms with E-state index in [0.717, 1.165) is 5.56 Å². The molecule has 0 saturated carbocycles. The van der Waals surface area contributed by atoms with E-state index in [9.17, 15) is 9.59 Å². The topological polar surface area (TPSA) is 50.3 Å². The normalized spacial score (nSPS) is 16.3. The fraction of sp³-hybridized carbons (Fsp3) is 0.417. The van der Waals surface area contributed by atoms with Crippen LogP contribution < -0.4 is 0 Å². The van der Waals surface area contributed by atoms with Gasteiger partial charge in [0, 0.05) is 23.5 Å². The largest absolute Gasteiger partial charge is 0.274 e. The SMILES string of the molecule is CC(C)(C)N1C(=O)Cc2cnccc2C1=O. The van der Waals surface area contributed by atoms with Gasteiger partial charge in [-0.05, 0) is 32.4 Å². The van der Waals surface area contributed by atoms with Crippen molar-refractivity contribution in [2.24, 2.45) is 0 Å². The fourth-order valence-corrected chi connectivity index (χ4v) is 1.93. The Kier molecular flexibility index (Phi) is 2.30. The van der Waals surface area contributed by atoms with Crippen molar-refractivity contribution >= 4 is 11.8 Å². The molecular weight excluding hydrogens is 204 g/mol. The van der Waals surface area contributed by atoms with Crippen LogP contribution >= 0.6 is 0 Å². The smallest absolute Gasteiger partial charge is 0.261 e. The van der Waals surface area contributed by atoms with E-state index < -0.39 is 5.54 Å². The Morgan fingerprint density at radius 1 is 1.31 bits per heavy atom. The number of pyridine rings is 1. The van der Waals surface area contributed by atoms with E-state index in [1.807, 2.05) is 20.8 Å². The minimum Gasteiger partial charge on any atom is -0.274 e. The van der Waals surface area contributed by atoms with Crippen LogP contribution in [0.5, 0.6) is 0 Å². The predicted octanol–water partition coefficient (Wildman–Crippen LogP) is 1.41. The van der Waals surface area contributed by atoms with Crippen LogP contribution in [0.15, 0.2) is 18.5 Å². The van der Waals surface area contributed by atoms with Gasteiger partial charge < -0.3 is 0 Å². The lowest BCUT2D eigenvalue weighted by Gasteiger charge is -2.36. The Hall–Kier alpha value is -1.71. The van der Waals surface area contributed by atoms with E-state index in [1.165, 1.54) is 4.90 Å². The maximum Gasteiger partial charge on any atom is 0.261 e. The Bertz CT molecular complexity index is 460. The van der Waals surface area contributed by atoms with E-state index >= 15 is 0 Å². The molecule has 2 rings (SSSR count). The third-order valence-corrected chi connectivity index (χ3v) is 2.60. The van der Waals surface area contributed by atoms with Gasteiger partial charge in [-0.2, -0.15) is 0 Å². The lowest BCUT2D eigenvalue weighted by atomic mass is 9.95. The average molecular weight is 218 g/mol. The number of nitrogens with zero attached hydrogens (tertiary/aromatic N) is 2. The summed E-state index contributed by atoms with van der Waals surface area (Å²) in [5, 5.41) is 0. The number of fused-ring (bicyclic) bond motifs is 1. The van der Waals surface area contributed by atoms with Gasteiger partial charge in [-0.25, -0.2) is 0 Å². The first kappa shape index (κ1) is 10.8. The molecule has 0 N–H and O–H groups in total. The van der Waals surface area contributed by atoms with Crippen LogP contribution in [-0.2, 0) is 11.2 Å². The zero-order chi connectivity index (χ0) is 11.9. The number of hydrogen-bond donors (Lipinski definition) is 0. The first-order valence-corrected chi connectivity index (χ1v) is 5.21. The molecule has 2 amide bonds. The van der Waals surface area contributed by atoms with Crippen LogP contribution in [0, 0.1) is 0 Å². The quantitative estimate of drug-likeness (QED) is 0.618. The van der Waals surface area contributed by atoms with Crippen LogP contribution in [0.4, 0.5) is 0 Å². The van der Waals surface area contributed by atoms with Gasteiger partial charge in [-0.15, -0.1) is 0 Å². The van der Waals surface area contributed by atoms with Gasteiger partial charge in [-0.3, -0.25) is 19.5 Å². The summed E-state index contributed by atoms with van der Waals surface area (Å²) in [5.41, 5.74) is 0.831. The van der Waals surface area contributed by atoms with E-state index in [4.69, 9.17) is 0 Å². The third kappa shape index (κ3) is 1.60. The molecule has 0 unspecified atom stereocenters. The van der Waals surface area contributed by atoms with E-state index in [0.29, 0.717) is 5.56 Å². The number of imide groups is 1. The molecule has 0 radical (unpaired) electrons. The molecule has 84 valence electrons. The van der Waals surface area contributed by atoms with Crippen molar-refractivity contribution in [2.45, 2.75) is 32.7 Å². The van der Waals surface area contributed by atoms with Crippen LogP contribution in [-0.4, -0.2) is 27.2 Å². The van der Waals surface area contributed by atoms with Crippen LogP contribution in [0.1, 0.15) is 36.7 Å². The van der Waals surface area contributed by atoms with E-state index in [-0.39, 0.29) is 18.2 Å². The van der Waals surface area contributed by atoms with Crippen LogP contribution in [0.3, 0.4) is 0 Å². The minimum atomic E-state index is -0.477. The second kappa shape index (κ2) is 3.40. The van der Waals surface area contributed by atoms with E-state index in [2.05, 4.69) is 4.98 Å². The highest BCUT2D eigenvalue weighted by molar-refractivity contribution is 6.10. The minimum absolute atomic E-state index is 0.155. The number of carbonyl (C=O) groups is 2. The summed E-state index contributed by atoms with van der Waals surface area (Å²) in [6.45, 7) is 5.57.